The number of benzene rings is 1. The number of nitrogens with two attached hydrogens (primary N) is 1. The first-order valence-corrected chi connectivity index (χ1v) is 5.46. The fourth-order valence-electron chi connectivity index (χ4n) is 1.28. The van der Waals surface area contributed by atoms with Crippen LogP contribution in [0.2, 0.25) is 0 Å². The average Bonchev–Trinajstić information content (AvgIpc) is 2.29. The molecule has 84 valence electrons. The van der Waals surface area contributed by atoms with Gasteiger partial charge in [0.25, 0.3) is 0 Å². The molecule has 1 aromatic rings. The Morgan fingerprint density at radius 3 is 2.53 bits per heavy atom. The van der Waals surface area contributed by atoms with Crippen molar-refractivity contribution in [3.63, 3.8) is 0 Å². The van der Waals surface area contributed by atoms with Crippen LogP contribution in [-0.2, 0) is 0 Å². The lowest BCUT2D eigenvalue weighted by Crippen LogP contribution is -2.25. The van der Waals surface area contributed by atoms with E-state index >= 15 is 0 Å². The van der Waals surface area contributed by atoms with Crippen molar-refractivity contribution in [2.75, 3.05) is 6.61 Å². The van der Waals surface area contributed by atoms with Crippen molar-refractivity contribution >= 4 is 0 Å². The van der Waals surface area contributed by atoms with Gasteiger partial charge < -0.3 is 4.74 Å². The van der Waals surface area contributed by atoms with Gasteiger partial charge in [-0.25, -0.2) is 0 Å². The molecule has 0 fully saturated rings. The maximum absolute atomic E-state index is 5.56. The molecule has 0 aliphatic heterocycles. The van der Waals surface area contributed by atoms with Crippen molar-refractivity contribution in [1.82, 2.24) is 5.43 Å². The van der Waals surface area contributed by atoms with Crippen LogP contribution in [0, 0.1) is 0 Å². The molecule has 0 aliphatic carbocycles. The molecule has 1 rings (SSSR count). The van der Waals surface area contributed by atoms with Crippen molar-refractivity contribution in [3.8, 4) is 5.75 Å². The maximum atomic E-state index is 5.56. The van der Waals surface area contributed by atoms with Crippen molar-refractivity contribution in [1.29, 1.82) is 0 Å². The van der Waals surface area contributed by atoms with Crippen LogP contribution in [-0.4, -0.2) is 6.61 Å². The number of nitrogens with one attached hydrogen (secondary N) is 1. The molecular formula is C12H20N2O. The van der Waals surface area contributed by atoms with Crippen molar-refractivity contribution < 1.29 is 4.74 Å². The van der Waals surface area contributed by atoms with Gasteiger partial charge in [-0.3, -0.25) is 11.3 Å². The van der Waals surface area contributed by atoms with Crippen LogP contribution in [0.4, 0.5) is 0 Å². The van der Waals surface area contributed by atoms with Crippen LogP contribution in [0.15, 0.2) is 24.3 Å². The minimum atomic E-state index is 0.176. The second-order valence-electron chi connectivity index (χ2n) is 3.66. The van der Waals surface area contributed by atoms with E-state index in [4.69, 9.17) is 10.6 Å². The summed E-state index contributed by atoms with van der Waals surface area (Å²) in [5.74, 6) is 6.29. The van der Waals surface area contributed by atoms with Crippen molar-refractivity contribution in [2.45, 2.75) is 32.7 Å². The number of hydrogen-bond acceptors (Lipinski definition) is 3. The molecule has 0 aliphatic rings. The second kappa shape index (κ2) is 6.43. The number of unbranched alkanes of at least 4 members (excludes halogenated alkanes) is 1. The van der Waals surface area contributed by atoms with E-state index in [2.05, 4.69) is 12.3 Å². The lowest BCUT2D eigenvalue weighted by Gasteiger charge is -2.11. The second-order valence-corrected chi connectivity index (χ2v) is 3.66. The topological polar surface area (TPSA) is 47.3 Å². The largest absolute Gasteiger partial charge is 0.494 e. The Labute approximate surface area is 91.6 Å². The van der Waals surface area contributed by atoms with Crippen molar-refractivity contribution in [3.05, 3.63) is 29.8 Å². The van der Waals surface area contributed by atoms with Crippen LogP contribution in [0.5, 0.6) is 5.75 Å². The van der Waals surface area contributed by atoms with Gasteiger partial charge in [0, 0.05) is 6.04 Å². The third kappa shape index (κ3) is 3.90. The first-order chi connectivity index (χ1) is 7.27. The van der Waals surface area contributed by atoms with Crippen LogP contribution >= 0.6 is 0 Å². The van der Waals surface area contributed by atoms with Gasteiger partial charge in [-0.15, -0.1) is 0 Å². The van der Waals surface area contributed by atoms with Crippen LogP contribution in [0.1, 0.15) is 38.3 Å². The highest BCUT2D eigenvalue weighted by molar-refractivity contribution is 5.28. The Hall–Kier alpha value is -1.06. The highest BCUT2D eigenvalue weighted by Gasteiger charge is 2.02. The molecule has 1 aromatic carbocycles. The van der Waals surface area contributed by atoms with E-state index < -0.39 is 0 Å². The van der Waals surface area contributed by atoms with E-state index in [-0.39, 0.29) is 6.04 Å². The van der Waals surface area contributed by atoms with E-state index in [1.807, 2.05) is 31.2 Å². The monoisotopic (exact) mass is 208 g/mol. The molecule has 3 N–H and O–H groups in total. The summed E-state index contributed by atoms with van der Waals surface area (Å²) < 4.78 is 5.56. The normalized spacial score (nSPS) is 12.5. The summed E-state index contributed by atoms with van der Waals surface area (Å²) >= 11 is 0. The minimum absolute atomic E-state index is 0.176. The van der Waals surface area contributed by atoms with Crippen LogP contribution in [0.3, 0.4) is 0 Å². The van der Waals surface area contributed by atoms with Gasteiger partial charge >= 0.3 is 0 Å². The Bertz CT molecular complexity index is 271. The molecule has 0 bridgehead atoms. The summed E-state index contributed by atoms with van der Waals surface area (Å²) in [6.45, 7) is 4.97. The lowest BCUT2D eigenvalue weighted by atomic mass is 10.1. The predicted molar refractivity (Wildman–Crippen MR) is 62.6 cm³/mol. The first kappa shape index (κ1) is 12.0. The molecule has 1 unspecified atom stereocenters. The molecule has 3 nitrogen and oxygen atoms in total. The van der Waals surface area contributed by atoms with Gasteiger partial charge in [0.1, 0.15) is 5.75 Å². The van der Waals surface area contributed by atoms with Gasteiger partial charge in [0.05, 0.1) is 6.61 Å². The Balaban J connectivity index is 2.49. The summed E-state index contributed by atoms with van der Waals surface area (Å²) in [5, 5.41) is 0. The lowest BCUT2D eigenvalue weighted by molar-refractivity contribution is 0.309. The number of hydrazine groups is 1. The van der Waals surface area contributed by atoms with Gasteiger partial charge in [-0.1, -0.05) is 25.5 Å². The van der Waals surface area contributed by atoms with Crippen LogP contribution < -0.4 is 16.0 Å². The molecule has 0 aromatic heterocycles. The third-order valence-corrected chi connectivity index (χ3v) is 2.40. The SMILES string of the molecule is CCCCOc1ccc(C(C)NN)cc1. The van der Waals surface area contributed by atoms with E-state index in [0.29, 0.717) is 0 Å². The summed E-state index contributed by atoms with van der Waals surface area (Å²) in [4.78, 5) is 0. The van der Waals surface area contributed by atoms with Gasteiger partial charge in [-0.2, -0.15) is 0 Å². The minimum Gasteiger partial charge on any atom is -0.494 e. The quantitative estimate of drug-likeness (QED) is 0.428. The molecular weight excluding hydrogens is 188 g/mol. The third-order valence-electron chi connectivity index (χ3n) is 2.40. The van der Waals surface area contributed by atoms with Gasteiger partial charge in [-0.05, 0) is 31.0 Å². The molecule has 0 amide bonds. The summed E-state index contributed by atoms with van der Waals surface area (Å²) in [6.07, 6.45) is 2.26. The number of rotatable bonds is 6. The first-order valence-electron chi connectivity index (χ1n) is 5.46. The zero-order valence-corrected chi connectivity index (χ0v) is 9.49. The molecule has 0 saturated carbocycles. The zero-order chi connectivity index (χ0) is 11.1. The zero-order valence-electron chi connectivity index (χ0n) is 9.49. The van der Waals surface area contributed by atoms with Gasteiger partial charge in [0.2, 0.25) is 0 Å². The van der Waals surface area contributed by atoms with Gasteiger partial charge in [0.15, 0.2) is 0 Å². The maximum Gasteiger partial charge on any atom is 0.119 e. The predicted octanol–water partition coefficient (Wildman–Crippen LogP) is 2.39. The highest BCUT2D eigenvalue weighted by atomic mass is 16.5. The van der Waals surface area contributed by atoms with E-state index in [1.54, 1.807) is 0 Å². The van der Waals surface area contributed by atoms with E-state index in [1.165, 1.54) is 5.56 Å². The Kier molecular flexibility index (Phi) is 5.15. The summed E-state index contributed by atoms with van der Waals surface area (Å²) in [6, 6.07) is 8.21. The summed E-state index contributed by atoms with van der Waals surface area (Å²) in [5.41, 5.74) is 3.88. The highest BCUT2D eigenvalue weighted by Crippen LogP contribution is 2.17. The average molecular weight is 208 g/mol. The van der Waals surface area contributed by atoms with E-state index in [9.17, 15) is 0 Å². The smallest absolute Gasteiger partial charge is 0.119 e. The van der Waals surface area contributed by atoms with E-state index in [0.717, 1.165) is 25.2 Å². The molecule has 0 radical (unpaired) electrons. The molecule has 3 heteroatoms. The fourth-order valence-corrected chi connectivity index (χ4v) is 1.28. The van der Waals surface area contributed by atoms with Crippen molar-refractivity contribution in [2.24, 2.45) is 5.84 Å². The Morgan fingerprint density at radius 2 is 2.00 bits per heavy atom. The Morgan fingerprint density at radius 1 is 1.33 bits per heavy atom. The molecule has 0 heterocycles. The molecule has 15 heavy (non-hydrogen) atoms. The number of ether oxygens (including phenoxy) is 1. The van der Waals surface area contributed by atoms with Crippen LogP contribution in [0.25, 0.3) is 0 Å². The molecule has 0 saturated heterocycles. The number of hydrogen-bond donors (Lipinski definition) is 2. The summed E-state index contributed by atoms with van der Waals surface area (Å²) in [7, 11) is 0. The molecule has 0 spiro atoms. The molecule has 1 atom stereocenters. The standard InChI is InChI=1S/C12H20N2O/c1-3-4-9-15-12-7-5-11(6-8-12)10(2)14-13/h5-8,10,14H,3-4,9,13H2,1-2H3. The fraction of sp³-hybridized carbons (Fsp3) is 0.500.